The summed E-state index contributed by atoms with van der Waals surface area (Å²) in [4.78, 5) is 16.8. The molecule has 0 saturated heterocycles. The van der Waals surface area contributed by atoms with Crippen LogP contribution in [0.4, 0.5) is 0 Å². The van der Waals surface area contributed by atoms with E-state index in [-0.39, 0.29) is 11.6 Å². The lowest BCUT2D eigenvalue weighted by atomic mass is 10.1. The van der Waals surface area contributed by atoms with Gasteiger partial charge in [-0.2, -0.15) is 0 Å². The Morgan fingerprint density at radius 3 is 2.61 bits per heavy atom. The van der Waals surface area contributed by atoms with E-state index < -0.39 is 5.97 Å². The van der Waals surface area contributed by atoms with Gasteiger partial charge in [0.15, 0.2) is 17.2 Å². The van der Waals surface area contributed by atoms with Crippen molar-refractivity contribution < 1.29 is 19.0 Å². The van der Waals surface area contributed by atoms with Crippen LogP contribution in [0, 0.1) is 3.57 Å². The summed E-state index contributed by atoms with van der Waals surface area (Å²) in [5.74, 6) is 0.991. The maximum atomic E-state index is 12.4. The molecule has 0 N–H and O–H groups in total. The molecule has 0 aliphatic carbocycles. The second-order valence-corrected chi connectivity index (χ2v) is 9.45. The molecule has 0 saturated carbocycles. The van der Waals surface area contributed by atoms with E-state index in [0.717, 1.165) is 19.2 Å². The Hall–Kier alpha value is -2.36. The molecule has 0 unspecified atom stereocenters. The van der Waals surface area contributed by atoms with Crippen LogP contribution in [0.3, 0.4) is 0 Å². The second kappa shape index (κ2) is 10.7. The molecule has 5 nitrogen and oxygen atoms in total. The molecule has 0 fully saturated rings. The van der Waals surface area contributed by atoms with Crippen LogP contribution in [0.2, 0.25) is 5.02 Å². The van der Waals surface area contributed by atoms with Crippen molar-refractivity contribution in [2.75, 3.05) is 6.61 Å². The first-order chi connectivity index (χ1) is 15.9. The minimum Gasteiger partial charge on any atom is -0.490 e. The fraction of sp³-hybridized carbons (Fsp3) is 0.120. The Labute approximate surface area is 218 Å². The minimum atomic E-state index is -0.503. The number of rotatable bonds is 7. The molecular formula is C25H18BrClINO4. The van der Waals surface area contributed by atoms with Gasteiger partial charge in [-0.1, -0.05) is 35.9 Å². The Kier molecular flexibility index (Phi) is 7.72. The molecule has 1 heterocycles. The molecular weight excluding hydrogens is 621 g/mol. The number of hydrogen-bond donors (Lipinski definition) is 0. The highest BCUT2D eigenvalue weighted by Gasteiger charge is 2.25. The van der Waals surface area contributed by atoms with E-state index in [2.05, 4.69) is 43.5 Å². The Morgan fingerprint density at radius 1 is 1.12 bits per heavy atom. The zero-order valence-corrected chi connectivity index (χ0v) is 22.0. The molecule has 4 rings (SSSR count). The van der Waals surface area contributed by atoms with Crippen LogP contribution in [0.15, 0.2) is 75.8 Å². The highest BCUT2D eigenvalue weighted by Crippen LogP contribution is 2.36. The molecule has 0 aromatic heterocycles. The van der Waals surface area contributed by atoms with Gasteiger partial charge in [0.05, 0.1) is 15.7 Å². The zero-order chi connectivity index (χ0) is 23.4. The largest absolute Gasteiger partial charge is 0.490 e. The summed E-state index contributed by atoms with van der Waals surface area (Å²) in [5, 5.41) is 0.677. The fourth-order valence-corrected chi connectivity index (χ4v) is 4.49. The normalized spacial score (nSPS) is 14.2. The first-order valence-corrected chi connectivity index (χ1v) is 12.3. The summed E-state index contributed by atoms with van der Waals surface area (Å²) >= 11 is 11.6. The van der Waals surface area contributed by atoms with E-state index in [0.29, 0.717) is 35.3 Å². The molecule has 1 aliphatic heterocycles. The second-order valence-electron chi connectivity index (χ2n) is 6.99. The van der Waals surface area contributed by atoms with E-state index >= 15 is 0 Å². The SMILES string of the molecule is CCOc1cc(/C=C2\N=C(c3ccccc3Br)OC2=O)cc(I)c1OCc1ccc(Cl)cc1. The molecule has 0 radical (unpaired) electrons. The van der Waals surface area contributed by atoms with Crippen LogP contribution < -0.4 is 9.47 Å². The van der Waals surface area contributed by atoms with Crippen LogP contribution in [-0.4, -0.2) is 18.5 Å². The van der Waals surface area contributed by atoms with Crippen molar-refractivity contribution in [1.29, 1.82) is 0 Å². The number of hydrogen-bond acceptors (Lipinski definition) is 5. The van der Waals surface area contributed by atoms with Crippen molar-refractivity contribution in [1.82, 2.24) is 0 Å². The lowest BCUT2D eigenvalue weighted by molar-refractivity contribution is -0.129. The van der Waals surface area contributed by atoms with Crippen molar-refractivity contribution in [3.63, 3.8) is 0 Å². The molecule has 1 aliphatic rings. The summed E-state index contributed by atoms with van der Waals surface area (Å²) in [6, 6.07) is 18.7. The van der Waals surface area contributed by atoms with Crippen molar-refractivity contribution in [3.8, 4) is 11.5 Å². The number of esters is 1. The van der Waals surface area contributed by atoms with Crippen molar-refractivity contribution in [2.45, 2.75) is 13.5 Å². The van der Waals surface area contributed by atoms with E-state index in [1.807, 2.05) is 67.6 Å². The smallest absolute Gasteiger partial charge is 0.363 e. The predicted molar refractivity (Wildman–Crippen MR) is 141 cm³/mol. The first kappa shape index (κ1) is 23.8. The number of halogens is 3. The molecule has 168 valence electrons. The monoisotopic (exact) mass is 637 g/mol. The van der Waals surface area contributed by atoms with Gasteiger partial charge in [0.1, 0.15) is 6.61 Å². The van der Waals surface area contributed by atoms with Gasteiger partial charge in [-0.3, -0.25) is 0 Å². The van der Waals surface area contributed by atoms with E-state index in [9.17, 15) is 4.79 Å². The maximum absolute atomic E-state index is 12.4. The summed E-state index contributed by atoms with van der Waals surface area (Å²) in [6.07, 6.45) is 1.68. The van der Waals surface area contributed by atoms with E-state index in [1.165, 1.54) is 0 Å². The van der Waals surface area contributed by atoms with Gasteiger partial charge in [-0.25, -0.2) is 9.79 Å². The quantitative estimate of drug-likeness (QED) is 0.159. The average Bonchev–Trinajstić information content (AvgIpc) is 3.15. The highest BCUT2D eigenvalue weighted by atomic mass is 127. The number of nitrogens with zero attached hydrogens (tertiary/aromatic N) is 1. The number of benzene rings is 3. The van der Waals surface area contributed by atoms with Crippen molar-refractivity contribution in [2.24, 2.45) is 4.99 Å². The molecule has 0 bridgehead atoms. The van der Waals surface area contributed by atoms with Gasteiger partial charge in [0, 0.05) is 9.50 Å². The molecule has 8 heteroatoms. The van der Waals surface area contributed by atoms with Gasteiger partial charge in [0.2, 0.25) is 5.90 Å². The molecule has 3 aromatic carbocycles. The minimum absolute atomic E-state index is 0.217. The summed E-state index contributed by atoms with van der Waals surface area (Å²) in [6.45, 7) is 2.75. The Balaban J connectivity index is 1.61. The molecule has 0 atom stereocenters. The lowest BCUT2D eigenvalue weighted by Gasteiger charge is -2.15. The van der Waals surface area contributed by atoms with Gasteiger partial charge in [0.25, 0.3) is 0 Å². The fourth-order valence-electron chi connectivity index (χ4n) is 3.13. The highest BCUT2D eigenvalue weighted by molar-refractivity contribution is 14.1. The third-order valence-corrected chi connectivity index (χ3v) is 6.40. The number of aliphatic imine (C=N–C) groups is 1. The Morgan fingerprint density at radius 2 is 1.88 bits per heavy atom. The number of carbonyl (C=O) groups is 1. The number of carbonyl (C=O) groups excluding carboxylic acids is 1. The summed E-state index contributed by atoms with van der Waals surface area (Å²) in [7, 11) is 0. The molecule has 3 aromatic rings. The molecule has 0 amide bonds. The number of cyclic esters (lactones) is 1. The van der Waals surface area contributed by atoms with Crippen LogP contribution in [-0.2, 0) is 16.1 Å². The van der Waals surface area contributed by atoms with Gasteiger partial charge in [-0.15, -0.1) is 0 Å². The van der Waals surface area contributed by atoms with Crippen molar-refractivity contribution >= 4 is 68.1 Å². The van der Waals surface area contributed by atoms with Gasteiger partial charge >= 0.3 is 5.97 Å². The standard InChI is InChI=1S/C25H18BrClINO4/c1-2-31-22-13-16(11-20(28)23(22)32-14-15-7-9-17(27)10-8-15)12-21-25(30)33-24(29-21)18-5-3-4-6-19(18)26/h3-13H,2,14H2,1H3/b21-12-. The third-order valence-electron chi connectivity index (χ3n) is 4.66. The molecule has 0 spiro atoms. The summed E-state index contributed by atoms with van der Waals surface area (Å²) in [5.41, 5.74) is 2.68. The van der Waals surface area contributed by atoms with Crippen molar-refractivity contribution in [3.05, 3.63) is 96.1 Å². The predicted octanol–water partition coefficient (Wildman–Crippen LogP) is 7.03. The lowest BCUT2D eigenvalue weighted by Crippen LogP contribution is -2.06. The van der Waals surface area contributed by atoms with E-state index in [4.69, 9.17) is 25.8 Å². The summed E-state index contributed by atoms with van der Waals surface area (Å²) < 4.78 is 18.9. The first-order valence-electron chi connectivity index (χ1n) is 10.1. The van der Waals surface area contributed by atoms with Crippen LogP contribution in [0.1, 0.15) is 23.6 Å². The van der Waals surface area contributed by atoms with E-state index in [1.54, 1.807) is 6.08 Å². The third kappa shape index (κ3) is 5.77. The van der Waals surface area contributed by atoms with Crippen LogP contribution in [0.25, 0.3) is 6.08 Å². The zero-order valence-electron chi connectivity index (χ0n) is 17.5. The topological polar surface area (TPSA) is 57.1 Å². The number of ether oxygens (including phenoxy) is 3. The maximum Gasteiger partial charge on any atom is 0.363 e. The van der Waals surface area contributed by atoms with Crippen LogP contribution >= 0.6 is 50.1 Å². The Bertz CT molecular complexity index is 1260. The van der Waals surface area contributed by atoms with Gasteiger partial charge in [-0.05, 0) is 99.0 Å². The molecule has 33 heavy (non-hydrogen) atoms. The van der Waals surface area contributed by atoms with Gasteiger partial charge < -0.3 is 14.2 Å². The van der Waals surface area contributed by atoms with Crippen LogP contribution in [0.5, 0.6) is 11.5 Å². The average molecular weight is 639 g/mol.